The normalized spacial score (nSPS) is 16.7. The van der Waals surface area contributed by atoms with Gasteiger partial charge >= 0.3 is 0 Å². The first-order valence-corrected chi connectivity index (χ1v) is 7.57. The fourth-order valence-electron chi connectivity index (χ4n) is 2.84. The van der Waals surface area contributed by atoms with Crippen molar-refractivity contribution < 1.29 is 19.4 Å². The average molecular weight is 313 g/mol. The van der Waals surface area contributed by atoms with Crippen molar-refractivity contribution in [1.29, 1.82) is 0 Å². The molecule has 1 N–H and O–H groups in total. The van der Waals surface area contributed by atoms with E-state index >= 15 is 0 Å². The summed E-state index contributed by atoms with van der Waals surface area (Å²) in [7, 11) is 1.61. The van der Waals surface area contributed by atoms with Crippen molar-refractivity contribution in [1.82, 2.24) is 0 Å². The number of likely N-dealkylation sites (N-methyl/N-ethyl adjacent to an activating group) is 1. The molecule has 2 aromatic carbocycles. The Labute approximate surface area is 135 Å². The number of fused-ring (bicyclic) bond motifs is 1. The number of phenolic OH excluding ortho intramolecular Hbond substituents is 1. The Balaban J connectivity index is 1.93. The lowest BCUT2D eigenvalue weighted by molar-refractivity contribution is -0.126. The van der Waals surface area contributed by atoms with E-state index in [4.69, 9.17) is 9.47 Å². The van der Waals surface area contributed by atoms with Crippen LogP contribution in [0.25, 0.3) is 0 Å². The predicted octanol–water partition coefficient (Wildman–Crippen LogP) is 2.76. The first-order valence-electron chi connectivity index (χ1n) is 7.57. The van der Waals surface area contributed by atoms with Crippen molar-refractivity contribution >= 4 is 11.6 Å². The summed E-state index contributed by atoms with van der Waals surface area (Å²) in [6, 6.07) is 12.4. The van der Waals surface area contributed by atoms with E-state index in [9.17, 15) is 9.90 Å². The number of nitrogens with zero attached hydrogens (tertiary/aromatic N) is 1. The monoisotopic (exact) mass is 313 g/mol. The molecule has 0 saturated carbocycles. The quantitative estimate of drug-likeness (QED) is 0.943. The van der Waals surface area contributed by atoms with Gasteiger partial charge in [-0.25, -0.2) is 0 Å². The minimum atomic E-state index is -0.638. The number of aromatic hydroxyl groups is 1. The molecule has 5 nitrogen and oxygen atoms in total. The molecule has 0 fully saturated rings. The number of amides is 1. The number of hydrogen-bond acceptors (Lipinski definition) is 4. The number of hydrogen-bond donors (Lipinski definition) is 1. The second kappa shape index (κ2) is 6.20. The summed E-state index contributed by atoms with van der Waals surface area (Å²) in [6.45, 7) is 2.46. The molecule has 1 aliphatic rings. The van der Waals surface area contributed by atoms with Crippen molar-refractivity contribution in [3.05, 3.63) is 48.0 Å². The van der Waals surface area contributed by atoms with E-state index in [1.54, 1.807) is 30.2 Å². The van der Waals surface area contributed by atoms with Crippen LogP contribution in [0.5, 0.6) is 17.2 Å². The summed E-state index contributed by atoms with van der Waals surface area (Å²) < 4.78 is 11.2. The Morgan fingerprint density at radius 1 is 1.26 bits per heavy atom. The summed E-state index contributed by atoms with van der Waals surface area (Å²) in [4.78, 5) is 14.4. The molecule has 0 bridgehead atoms. The highest BCUT2D eigenvalue weighted by Gasteiger charge is 2.34. The van der Waals surface area contributed by atoms with E-state index in [0.717, 1.165) is 11.3 Å². The molecule has 0 radical (unpaired) electrons. The molecule has 1 amide bonds. The lowest BCUT2D eigenvalue weighted by Gasteiger charge is -2.34. The van der Waals surface area contributed by atoms with Crippen molar-refractivity contribution in [2.24, 2.45) is 0 Å². The summed E-state index contributed by atoms with van der Waals surface area (Å²) >= 11 is 0. The molecular weight excluding hydrogens is 294 g/mol. The van der Waals surface area contributed by atoms with Crippen molar-refractivity contribution in [3.63, 3.8) is 0 Å². The van der Waals surface area contributed by atoms with Gasteiger partial charge < -0.3 is 19.5 Å². The highest BCUT2D eigenvalue weighted by Crippen LogP contribution is 2.37. The maximum atomic E-state index is 12.7. The fourth-order valence-corrected chi connectivity index (χ4v) is 2.84. The van der Waals surface area contributed by atoms with Crippen LogP contribution < -0.4 is 14.4 Å². The summed E-state index contributed by atoms with van der Waals surface area (Å²) in [5, 5.41) is 9.67. The van der Waals surface area contributed by atoms with Gasteiger partial charge in [0, 0.05) is 19.0 Å². The van der Waals surface area contributed by atoms with Crippen molar-refractivity contribution in [2.45, 2.75) is 19.4 Å². The summed E-state index contributed by atoms with van der Waals surface area (Å²) in [5.74, 6) is 1.28. The van der Waals surface area contributed by atoms with Gasteiger partial charge in [0.05, 0.1) is 12.8 Å². The first-order chi connectivity index (χ1) is 11.1. The van der Waals surface area contributed by atoms with Crippen LogP contribution in [0.3, 0.4) is 0 Å². The van der Waals surface area contributed by atoms with Gasteiger partial charge in [-0.15, -0.1) is 0 Å². The average Bonchev–Trinajstić information content (AvgIpc) is 2.56. The highest BCUT2D eigenvalue weighted by atomic mass is 16.5. The molecule has 0 spiro atoms. The van der Waals surface area contributed by atoms with Gasteiger partial charge in [0.1, 0.15) is 17.2 Å². The Hall–Kier alpha value is -2.69. The standard InChI is InChI=1S/C18H19NO4/c1-3-19-14-9-8-13(20)11-16(14)23-17(18(19)21)10-12-6-4-5-7-15(12)22-2/h4-9,11,17,20H,3,10H2,1-2H3. The number of benzene rings is 2. The van der Waals surface area contributed by atoms with Crippen molar-refractivity contribution in [2.75, 3.05) is 18.6 Å². The zero-order chi connectivity index (χ0) is 16.4. The molecule has 23 heavy (non-hydrogen) atoms. The number of methoxy groups -OCH3 is 1. The lowest BCUT2D eigenvalue weighted by atomic mass is 10.0. The van der Waals surface area contributed by atoms with E-state index in [1.165, 1.54) is 0 Å². The highest BCUT2D eigenvalue weighted by molar-refractivity contribution is 6.00. The van der Waals surface area contributed by atoms with E-state index < -0.39 is 6.10 Å². The van der Waals surface area contributed by atoms with E-state index in [-0.39, 0.29) is 11.7 Å². The summed E-state index contributed by atoms with van der Waals surface area (Å²) in [6.07, 6.45) is -0.227. The van der Waals surface area contributed by atoms with Gasteiger partial charge in [-0.05, 0) is 30.7 Å². The SMILES string of the molecule is CCN1C(=O)C(Cc2ccccc2OC)Oc2cc(O)ccc21. The van der Waals surface area contributed by atoms with Crippen LogP contribution in [0, 0.1) is 0 Å². The lowest BCUT2D eigenvalue weighted by Crippen LogP contribution is -2.46. The molecule has 2 aromatic rings. The number of carbonyl (C=O) groups is 1. The fraction of sp³-hybridized carbons (Fsp3) is 0.278. The number of ether oxygens (including phenoxy) is 2. The van der Waals surface area contributed by atoms with Gasteiger partial charge in [0.15, 0.2) is 6.10 Å². The van der Waals surface area contributed by atoms with Gasteiger partial charge in [0.2, 0.25) is 0 Å². The Bertz CT molecular complexity index is 729. The van der Waals surface area contributed by atoms with Crippen LogP contribution in [0.1, 0.15) is 12.5 Å². The largest absolute Gasteiger partial charge is 0.508 e. The number of rotatable bonds is 4. The predicted molar refractivity (Wildman–Crippen MR) is 87.2 cm³/mol. The van der Waals surface area contributed by atoms with E-state index in [2.05, 4.69) is 0 Å². The molecular formula is C18H19NO4. The Morgan fingerprint density at radius 2 is 2.04 bits per heavy atom. The van der Waals surface area contributed by atoms with Crippen LogP contribution >= 0.6 is 0 Å². The molecule has 120 valence electrons. The van der Waals surface area contributed by atoms with Gasteiger partial charge in [-0.2, -0.15) is 0 Å². The second-order valence-electron chi connectivity index (χ2n) is 5.36. The molecule has 0 aromatic heterocycles. The molecule has 1 aliphatic heterocycles. The van der Waals surface area contributed by atoms with Gasteiger partial charge in [-0.3, -0.25) is 4.79 Å². The topological polar surface area (TPSA) is 59.0 Å². The zero-order valence-electron chi connectivity index (χ0n) is 13.2. The van der Waals surface area contributed by atoms with Gasteiger partial charge in [-0.1, -0.05) is 18.2 Å². The molecule has 0 saturated heterocycles. The van der Waals surface area contributed by atoms with Crippen LogP contribution in [0.2, 0.25) is 0 Å². The minimum absolute atomic E-state index is 0.0865. The Kier molecular flexibility index (Phi) is 4.10. The maximum Gasteiger partial charge on any atom is 0.268 e. The van der Waals surface area contributed by atoms with E-state index in [1.807, 2.05) is 31.2 Å². The third-order valence-electron chi connectivity index (χ3n) is 3.96. The third-order valence-corrected chi connectivity index (χ3v) is 3.96. The Morgan fingerprint density at radius 3 is 2.78 bits per heavy atom. The van der Waals surface area contributed by atoms with Crippen LogP contribution in [0.15, 0.2) is 42.5 Å². The van der Waals surface area contributed by atoms with Crippen LogP contribution in [0.4, 0.5) is 5.69 Å². The molecule has 1 unspecified atom stereocenters. The second-order valence-corrected chi connectivity index (χ2v) is 5.36. The zero-order valence-corrected chi connectivity index (χ0v) is 13.2. The molecule has 5 heteroatoms. The molecule has 0 aliphatic carbocycles. The first kappa shape index (κ1) is 15.2. The summed E-state index contributed by atoms with van der Waals surface area (Å²) in [5.41, 5.74) is 1.60. The maximum absolute atomic E-state index is 12.7. The van der Waals surface area contributed by atoms with Crippen LogP contribution in [-0.4, -0.2) is 30.8 Å². The number of carbonyl (C=O) groups excluding carboxylic acids is 1. The molecule has 1 atom stereocenters. The molecule has 1 heterocycles. The van der Waals surface area contributed by atoms with E-state index in [0.29, 0.717) is 24.4 Å². The van der Waals surface area contributed by atoms with Gasteiger partial charge in [0.25, 0.3) is 5.91 Å². The van der Waals surface area contributed by atoms with Crippen LogP contribution in [-0.2, 0) is 11.2 Å². The smallest absolute Gasteiger partial charge is 0.268 e. The molecule has 3 rings (SSSR count). The number of para-hydroxylation sites is 1. The third kappa shape index (κ3) is 2.82. The van der Waals surface area contributed by atoms with Crippen molar-refractivity contribution in [3.8, 4) is 17.2 Å². The minimum Gasteiger partial charge on any atom is -0.508 e. The number of anilines is 1. The number of phenols is 1.